The molecule has 1 atom stereocenters. The van der Waals surface area contributed by atoms with Crippen molar-refractivity contribution in [3.05, 3.63) is 30.6 Å². The molecule has 1 saturated heterocycles. The number of benzene rings is 1. The summed E-state index contributed by atoms with van der Waals surface area (Å²) in [5.74, 6) is 0.368. The number of nitrogens with zero attached hydrogens (tertiary/aromatic N) is 4. The summed E-state index contributed by atoms with van der Waals surface area (Å²) in [7, 11) is -3.25. The van der Waals surface area contributed by atoms with Crippen LogP contribution in [0.5, 0.6) is 0 Å². The second kappa shape index (κ2) is 7.41. The van der Waals surface area contributed by atoms with Crippen LogP contribution in [0.25, 0.3) is 22.3 Å². The number of hydrogen-bond donors (Lipinski definition) is 2. The van der Waals surface area contributed by atoms with Gasteiger partial charge in [-0.05, 0) is 31.5 Å². The van der Waals surface area contributed by atoms with Crippen molar-refractivity contribution in [3.63, 3.8) is 0 Å². The molecule has 0 amide bonds. The highest BCUT2D eigenvalue weighted by Crippen LogP contribution is 2.33. The summed E-state index contributed by atoms with van der Waals surface area (Å²) >= 11 is 0. The number of rotatable bonds is 3. The van der Waals surface area contributed by atoms with Crippen LogP contribution in [-0.4, -0.2) is 47.5 Å². The Kier molecular flexibility index (Phi) is 5.36. The smallest absolute Gasteiger partial charge is 0.175 e. The zero-order valence-corrected chi connectivity index (χ0v) is 16.4. The van der Waals surface area contributed by atoms with E-state index in [2.05, 4.69) is 15.3 Å². The molecule has 10 heteroatoms. The Bertz CT molecular complexity index is 1060. The summed E-state index contributed by atoms with van der Waals surface area (Å²) < 4.78 is 25.3. The maximum absolute atomic E-state index is 11.7. The molecule has 3 aromatic rings. The molecule has 0 saturated carbocycles. The Balaban J connectivity index is 0.00000210. The van der Waals surface area contributed by atoms with Gasteiger partial charge in [0.15, 0.2) is 15.5 Å². The van der Waals surface area contributed by atoms with E-state index in [9.17, 15) is 8.42 Å². The van der Waals surface area contributed by atoms with Crippen molar-refractivity contribution in [2.75, 3.05) is 25.1 Å². The molecule has 2 aromatic heterocycles. The van der Waals surface area contributed by atoms with Gasteiger partial charge >= 0.3 is 0 Å². The zero-order valence-electron chi connectivity index (χ0n) is 14.8. The minimum atomic E-state index is -3.25. The first-order chi connectivity index (χ1) is 12.4. The number of piperidine rings is 1. The van der Waals surface area contributed by atoms with Crippen LogP contribution < -0.4 is 11.1 Å². The maximum Gasteiger partial charge on any atom is 0.175 e. The van der Waals surface area contributed by atoms with E-state index in [4.69, 9.17) is 10.8 Å². The third kappa shape index (κ3) is 3.62. The average molecular weight is 409 g/mol. The van der Waals surface area contributed by atoms with E-state index >= 15 is 0 Å². The molecule has 3 heterocycles. The SMILES string of the molecule is CS(=O)(=O)c1ccc(-c2nn([C@@H]3CCCNC3)c3ncnc(N)c23)cc1.Cl. The molecular weight excluding hydrogens is 388 g/mol. The van der Waals surface area contributed by atoms with E-state index in [0.717, 1.165) is 31.5 Å². The van der Waals surface area contributed by atoms with Crippen LogP contribution in [-0.2, 0) is 9.84 Å². The Hall–Kier alpha value is -2.23. The molecule has 3 N–H and O–H groups in total. The van der Waals surface area contributed by atoms with Gasteiger partial charge in [-0.15, -0.1) is 12.4 Å². The summed E-state index contributed by atoms with van der Waals surface area (Å²) in [6.07, 6.45) is 4.72. The van der Waals surface area contributed by atoms with E-state index < -0.39 is 9.84 Å². The Morgan fingerprint density at radius 1 is 1.22 bits per heavy atom. The van der Waals surface area contributed by atoms with Gasteiger partial charge in [0.2, 0.25) is 0 Å². The average Bonchev–Trinajstić information content (AvgIpc) is 3.03. The lowest BCUT2D eigenvalue weighted by Gasteiger charge is -2.23. The largest absolute Gasteiger partial charge is 0.383 e. The topological polar surface area (TPSA) is 116 Å². The van der Waals surface area contributed by atoms with Gasteiger partial charge in [0.05, 0.1) is 16.3 Å². The van der Waals surface area contributed by atoms with Gasteiger partial charge in [-0.25, -0.2) is 23.1 Å². The van der Waals surface area contributed by atoms with Crippen molar-refractivity contribution >= 4 is 39.1 Å². The lowest BCUT2D eigenvalue weighted by Crippen LogP contribution is -2.32. The minimum absolute atomic E-state index is 0. The van der Waals surface area contributed by atoms with Gasteiger partial charge < -0.3 is 11.1 Å². The molecule has 27 heavy (non-hydrogen) atoms. The summed E-state index contributed by atoms with van der Waals surface area (Å²) in [5, 5.41) is 8.86. The molecule has 0 spiro atoms. The van der Waals surface area contributed by atoms with Gasteiger partial charge in [-0.2, -0.15) is 5.10 Å². The van der Waals surface area contributed by atoms with E-state index in [1.165, 1.54) is 12.6 Å². The second-order valence-corrected chi connectivity index (χ2v) is 8.56. The molecular formula is C17H21ClN6O2S. The van der Waals surface area contributed by atoms with Crippen LogP contribution in [0.1, 0.15) is 18.9 Å². The van der Waals surface area contributed by atoms with Crippen LogP contribution in [0.2, 0.25) is 0 Å². The normalized spacial score (nSPS) is 17.6. The van der Waals surface area contributed by atoms with Crippen molar-refractivity contribution in [2.45, 2.75) is 23.8 Å². The molecule has 4 rings (SSSR count). The van der Waals surface area contributed by atoms with Crippen LogP contribution >= 0.6 is 12.4 Å². The van der Waals surface area contributed by atoms with Gasteiger partial charge in [-0.3, -0.25) is 0 Å². The van der Waals surface area contributed by atoms with Crippen LogP contribution in [0.15, 0.2) is 35.5 Å². The Morgan fingerprint density at radius 3 is 2.59 bits per heavy atom. The number of nitrogens with two attached hydrogens (primary N) is 1. The molecule has 0 bridgehead atoms. The number of anilines is 1. The number of nitrogens with one attached hydrogen (secondary N) is 1. The number of aromatic nitrogens is 4. The van der Waals surface area contributed by atoms with Gasteiger partial charge in [-0.1, -0.05) is 12.1 Å². The monoisotopic (exact) mass is 408 g/mol. The number of hydrogen-bond acceptors (Lipinski definition) is 7. The highest BCUT2D eigenvalue weighted by Gasteiger charge is 2.23. The quantitative estimate of drug-likeness (QED) is 0.678. The van der Waals surface area contributed by atoms with Crippen molar-refractivity contribution < 1.29 is 8.42 Å². The lowest BCUT2D eigenvalue weighted by molar-refractivity contribution is 0.354. The first-order valence-electron chi connectivity index (χ1n) is 8.45. The summed E-state index contributed by atoms with van der Waals surface area (Å²) in [5.41, 5.74) is 8.28. The number of nitrogen functional groups attached to an aromatic ring is 1. The van der Waals surface area contributed by atoms with Crippen molar-refractivity contribution in [3.8, 4) is 11.3 Å². The third-order valence-electron chi connectivity index (χ3n) is 4.69. The van der Waals surface area contributed by atoms with Crippen molar-refractivity contribution in [1.82, 2.24) is 25.1 Å². The van der Waals surface area contributed by atoms with Crippen LogP contribution in [0.3, 0.4) is 0 Å². The van der Waals surface area contributed by atoms with Crippen LogP contribution in [0, 0.1) is 0 Å². The first-order valence-corrected chi connectivity index (χ1v) is 10.3. The third-order valence-corrected chi connectivity index (χ3v) is 5.82. The molecule has 1 fully saturated rings. The van der Waals surface area contributed by atoms with E-state index in [1.54, 1.807) is 24.3 Å². The van der Waals surface area contributed by atoms with Crippen LogP contribution in [0.4, 0.5) is 5.82 Å². The van der Waals surface area contributed by atoms with Gasteiger partial charge in [0, 0.05) is 18.4 Å². The Morgan fingerprint density at radius 2 is 1.96 bits per heavy atom. The molecule has 1 aromatic carbocycles. The van der Waals surface area contributed by atoms with E-state index in [1.807, 2.05) is 4.68 Å². The second-order valence-electron chi connectivity index (χ2n) is 6.55. The van der Waals surface area contributed by atoms with E-state index in [0.29, 0.717) is 22.5 Å². The molecule has 8 nitrogen and oxygen atoms in total. The highest BCUT2D eigenvalue weighted by atomic mass is 35.5. The van der Waals surface area contributed by atoms with E-state index in [-0.39, 0.29) is 23.3 Å². The lowest BCUT2D eigenvalue weighted by atomic mass is 10.1. The fourth-order valence-electron chi connectivity index (χ4n) is 3.35. The summed E-state index contributed by atoms with van der Waals surface area (Å²) in [4.78, 5) is 8.79. The predicted octanol–water partition coefficient (Wildman–Crippen LogP) is 1.83. The summed E-state index contributed by atoms with van der Waals surface area (Å²) in [6, 6.07) is 6.85. The highest BCUT2D eigenvalue weighted by molar-refractivity contribution is 7.90. The first kappa shape index (κ1) is 19.5. The number of sulfone groups is 1. The number of fused-ring (bicyclic) bond motifs is 1. The number of halogens is 1. The fraction of sp³-hybridized carbons (Fsp3) is 0.353. The minimum Gasteiger partial charge on any atom is -0.383 e. The maximum atomic E-state index is 11.7. The molecule has 0 unspecified atom stereocenters. The fourth-order valence-corrected chi connectivity index (χ4v) is 3.98. The van der Waals surface area contributed by atoms with Crippen molar-refractivity contribution in [1.29, 1.82) is 0 Å². The molecule has 0 radical (unpaired) electrons. The van der Waals surface area contributed by atoms with Gasteiger partial charge in [0.25, 0.3) is 0 Å². The molecule has 144 valence electrons. The summed E-state index contributed by atoms with van der Waals surface area (Å²) in [6.45, 7) is 1.83. The van der Waals surface area contributed by atoms with Gasteiger partial charge in [0.1, 0.15) is 17.8 Å². The predicted molar refractivity (Wildman–Crippen MR) is 107 cm³/mol. The molecule has 1 aliphatic rings. The van der Waals surface area contributed by atoms with Crippen molar-refractivity contribution in [2.24, 2.45) is 0 Å². The molecule has 0 aliphatic carbocycles. The Labute approximate surface area is 163 Å². The zero-order chi connectivity index (χ0) is 18.3. The molecule has 1 aliphatic heterocycles. The standard InChI is InChI=1S/C17H20N6O2S.ClH/c1-26(24,25)13-6-4-11(5-7-13)15-14-16(18)20-10-21-17(14)23(22-15)12-3-2-8-19-9-12;/h4-7,10,12,19H,2-3,8-9H2,1H3,(H2,18,20,21);1H/t12-;/m1./s1.